The van der Waals surface area contributed by atoms with Gasteiger partial charge in [0.05, 0.1) is 0 Å². The molecule has 0 aromatic heterocycles. The second-order valence-electron chi connectivity index (χ2n) is 3.71. The van der Waals surface area contributed by atoms with E-state index in [4.69, 9.17) is 0 Å². The maximum atomic E-state index is 11.8. The van der Waals surface area contributed by atoms with Crippen molar-refractivity contribution in [3.8, 4) is 0 Å². The van der Waals surface area contributed by atoms with Crippen LogP contribution in [-0.4, -0.2) is 11.5 Å². The van der Waals surface area contributed by atoms with Gasteiger partial charge in [0.25, 0.3) is 0 Å². The Kier molecular flexibility index (Phi) is 1.40. The topological polar surface area (TPSA) is 17.1 Å². The van der Waals surface area contributed by atoms with E-state index >= 15 is 0 Å². The number of carbonyl (C=O) groups excluding carboxylic acids is 1. The Hall–Kier alpha value is -0.760. The van der Waals surface area contributed by atoms with Gasteiger partial charge in [-0.25, -0.2) is 0 Å². The molecule has 1 nitrogen and oxygen atoms in total. The molecule has 13 heavy (non-hydrogen) atoms. The van der Waals surface area contributed by atoms with Gasteiger partial charge >= 0.3 is 0 Å². The highest BCUT2D eigenvalue weighted by molar-refractivity contribution is 8.03. The summed E-state index contributed by atoms with van der Waals surface area (Å²) >= 11 is 1.86. The van der Waals surface area contributed by atoms with Crippen molar-refractivity contribution in [2.24, 2.45) is 5.92 Å². The number of Topliss-reactive ketones (excluding diaryl/α,β-unsaturated/α-hetero) is 1. The molecule has 1 aliphatic heterocycles. The van der Waals surface area contributed by atoms with Crippen molar-refractivity contribution in [2.75, 3.05) is 5.75 Å². The van der Waals surface area contributed by atoms with Gasteiger partial charge in [-0.15, -0.1) is 11.8 Å². The van der Waals surface area contributed by atoms with E-state index in [1.165, 1.54) is 10.5 Å². The molecule has 0 aromatic carbocycles. The summed E-state index contributed by atoms with van der Waals surface area (Å²) in [6, 6.07) is 0. The minimum atomic E-state index is 0.301. The van der Waals surface area contributed by atoms with Gasteiger partial charge in [-0.1, -0.05) is 19.1 Å². The van der Waals surface area contributed by atoms with Crippen molar-refractivity contribution in [3.05, 3.63) is 33.8 Å². The molecule has 0 aromatic rings. The predicted octanol–water partition coefficient (Wildman–Crippen LogP) is 2.46. The summed E-state index contributed by atoms with van der Waals surface area (Å²) in [5.41, 5.74) is 3.37. The minimum Gasteiger partial charge on any atom is -0.289 e. The lowest BCUT2D eigenvalue weighted by Crippen LogP contribution is -1.99. The van der Waals surface area contributed by atoms with Crippen LogP contribution in [0, 0.1) is 5.92 Å². The van der Waals surface area contributed by atoms with Crippen LogP contribution >= 0.6 is 11.8 Å². The first-order valence-corrected chi connectivity index (χ1v) is 5.61. The van der Waals surface area contributed by atoms with E-state index < -0.39 is 0 Å². The third kappa shape index (κ3) is 0.819. The SMILES string of the molecule is CC1C=CC2=C1C1=C(CCS1)C2=O. The Morgan fingerprint density at radius 1 is 1.54 bits per heavy atom. The predicted molar refractivity (Wildman–Crippen MR) is 54.4 cm³/mol. The Labute approximate surface area is 81.6 Å². The number of fused-ring (bicyclic) bond motifs is 1. The molecule has 1 heterocycles. The van der Waals surface area contributed by atoms with Gasteiger partial charge in [-0.05, 0) is 12.0 Å². The number of carbonyl (C=O) groups is 1. The smallest absolute Gasteiger partial charge is 0.190 e. The van der Waals surface area contributed by atoms with Crippen molar-refractivity contribution in [2.45, 2.75) is 13.3 Å². The van der Waals surface area contributed by atoms with Crippen LogP contribution in [-0.2, 0) is 4.79 Å². The molecule has 3 aliphatic rings. The molecular weight excluding hydrogens is 180 g/mol. The van der Waals surface area contributed by atoms with Crippen LogP contribution < -0.4 is 0 Å². The molecule has 0 radical (unpaired) electrons. The van der Waals surface area contributed by atoms with Crippen molar-refractivity contribution in [1.29, 1.82) is 0 Å². The van der Waals surface area contributed by atoms with Crippen molar-refractivity contribution >= 4 is 17.5 Å². The molecule has 1 unspecified atom stereocenters. The Morgan fingerprint density at radius 2 is 2.38 bits per heavy atom. The molecule has 0 amide bonds. The summed E-state index contributed by atoms with van der Waals surface area (Å²) in [6.07, 6.45) is 5.11. The Balaban J connectivity index is 2.17. The molecule has 0 bridgehead atoms. The molecule has 0 saturated carbocycles. The highest BCUT2D eigenvalue weighted by Crippen LogP contribution is 2.49. The highest BCUT2D eigenvalue weighted by Gasteiger charge is 2.37. The van der Waals surface area contributed by atoms with Crippen molar-refractivity contribution < 1.29 is 4.79 Å². The second-order valence-corrected chi connectivity index (χ2v) is 4.82. The van der Waals surface area contributed by atoms with Crippen LogP contribution in [0.3, 0.4) is 0 Å². The molecule has 0 spiro atoms. The van der Waals surface area contributed by atoms with Crippen molar-refractivity contribution in [3.63, 3.8) is 0 Å². The third-order valence-corrected chi connectivity index (χ3v) is 4.10. The fourth-order valence-corrected chi connectivity index (χ4v) is 3.60. The standard InChI is InChI=1S/C11H10OS/c1-6-2-3-7-9(6)11-8(10(7)12)4-5-13-11/h2-3,6H,4-5H2,1H3. The molecule has 1 atom stereocenters. The summed E-state index contributed by atoms with van der Waals surface area (Å²) in [6.45, 7) is 2.17. The fourth-order valence-electron chi connectivity index (χ4n) is 2.27. The van der Waals surface area contributed by atoms with Crippen LogP contribution in [0.2, 0.25) is 0 Å². The number of rotatable bonds is 0. The molecule has 3 rings (SSSR count). The average molecular weight is 190 g/mol. The lowest BCUT2D eigenvalue weighted by molar-refractivity contribution is -0.111. The van der Waals surface area contributed by atoms with E-state index in [9.17, 15) is 4.79 Å². The lowest BCUT2D eigenvalue weighted by Gasteiger charge is -2.06. The van der Waals surface area contributed by atoms with E-state index in [2.05, 4.69) is 13.0 Å². The molecule has 0 fully saturated rings. The van der Waals surface area contributed by atoms with E-state index in [0.717, 1.165) is 23.3 Å². The van der Waals surface area contributed by atoms with Gasteiger partial charge < -0.3 is 0 Å². The van der Waals surface area contributed by atoms with Gasteiger partial charge in [0.2, 0.25) is 0 Å². The van der Waals surface area contributed by atoms with E-state index in [1.54, 1.807) is 0 Å². The van der Waals surface area contributed by atoms with E-state index in [1.807, 2.05) is 17.8 Å². The van der Waals surface area contributed by atoms with Gasteiger partial charge in [0, 0.05) is 27.7 Å². The number of hydrogen-bond donors (Lipinski definition) is 0. The first-order chi connectivity index (χ1) is 6.29. The maximum Gasteiger partial charge on any atom is 0.190 e. The van der Waals surface area contributed by atoms with Crippen molar-refractivity contribution in [1.82, 2.24) is 0 Å². The second kappa shape index (κ2) is 2.38. The van der Waals surface area contributed by atoms with Gasteiger partial charge in [-0.3, -0.25) is 4.79 Å². The molecule has 2 heteroatoms. The molecule has 0 N–H and O–H groups in total. The monoisotopic (exact) mass is 190 g/mol. The Morgan fingerprint density at radius 3 is 3.23 bits per heavy atom. The minimum absolute atomic E-state index is 0.301. The normalized spacial score (nSPS) is 30.5. The number of allylic oxidation sites excluding steroid dienone is 5. The average Bonchev–Trinajstić information content (AvgIpc) is 2.71. The van der Waals surface area contributed by atoms with Gasteiger partial charge in [-0.2, -0.15) is 0 Å². The number of ketones is 1. The quantitative estimate of drug-likeness (QED) is 0.583. The zero-order valence-corrected chi connectivity index (χ0v) is 8.28. The van der Waals surface area contributed by atoms with Crippen LogP contribution in [0.25, 0.3) is 0 Å². The largest absolute Gasteiger partial charge is 0.289 e. The number of hydrogen-bond acceptors (Lipinski definition) is 2. The maximum absolute atomic E-state index is 11.8. The molecule has 0 saturated heterocycles. The summed E-state index contributed by atoms with van der Waals surface area (Å²) in [4.78, 5) is 13.1. The molecule has 66 valence electrons. The number of thioether (sulfide) groups is 1. The summed E-state index contributed by atoms with van der Waals surface area (Å²) in [7, 11) is 0. The van der Waals surface area contributed by atoms with E-state index in [-0.39, 0.29) is 0 Å². The summed E-state index contributed by atoms with van der Waals surface area (Å²) in [5, 5.41) is 0. The van der Waals surface area contributed by atoms with Gasteiger partial charge in [0.15, 0.2) is 5.78 Å². The van der Waals surface area contributed by atoms with Crippen LogP contribution in [0.5, 0.6) is 0 Å². The molecule has 2 aliphatic carbocycles. The lowest BCUT2D eigenvalue weighted by atomic mass is 10.0. The van der Waals surface area contributed by atoms with Gasteiger partial charge in [0.1, 0.15) is 0 Å². The molecular formula is C11H10OS. The summed E-state index contributed by atoms with van der Waals surface area (Å²) < 4.78 is 0. The Bertz CT molecular complexity index is 398. The van der Waals surface area contributed by atoms with E-state index in [0.29, 0.717) is 11.7 Å². The highest BCUT2D eigenvalue weighted by atomic mass is 32.2. The first kappa shape index (κ1) is 7.63. The van der Waals surface area contributed by atoms with Crippen LogP contribution in [0.15, 0.2) is 33.8 Å². The first-order valence-electron chi connectivity index (χ1n) is 4.62. The van der Waals surface area contributed by atoms with Crippen LogP contribution in [0.4, 0.5) is 0 Å². The fraction of sp³-hybridized carbons (Fsp3) is 0.364. The zero-order valence-electron chi connectivity index (χ0n) is 7.46. The van der Waals surface area contributed by atoms with Crippen LogP contribution in [0.1, 0.15) is 13.3 Å². The summed E-state index contributed by atoms with van der Waals surface area (Å²) in [5.74, 6) is 1.85. The third-order valence-electron chi connectivity index (χ3n) is 2.93. The zero-order chi connectivity index (χ0) is 9.00.